The molecule has 2 unspecified atom stereocenters. The first-order valence-electron chi connectivity index (χ1n) is 12.9. The third-order valence-electron chi connectivity index (χ3n) is 8.59. The number of amides is 1. The van der Waals surface area contributed by atoms with Gasteiger partial charge in [-0.15, -0.1) is 11.8 Å². The van der Waals surface area contributed by atoms with Crippen molar-refractivity contribution >= 4 is 23.6 Å². The summed E-state index contributed by atoms with van der Waals surface area (Å²) in [6.45, 7) is 3.58. The molecule has 2 heterocycles. The molecule has 1 aliphatic heterocycles. The van der Waals surface area contributed by atoms with Crippen LogP contribution in [0.5, 0.6) is 0 Å². The van der Waals surface area contributed by atoms with E-state index in [1.54, 1.807) is 11.8 Å². The van der Waals surface area contributed by atoms with Gasteiger partial charge in [-0.05, 0) is 93.6 Å². The average Bonchev–Trinajstić information content (AvgIpc) is 2.79. The number of carboxylic acids is 1. The molecule has 6 rings (SSSR count). The van der Waals surface area contributed by atoms with Gasteiger partial charge in [-0.3, -0.25) is 9.59 Å². The predicted molar refractivity (Wildman–Crippen MR) is 131 cm³/mol. The van der Waals surface area contributed by atoms with Crippen molar-refractivity contribution in [2.45, 2.75) is 86.8 Å². The minimum atomic E-state index is -0.821. The number of hydrogen-bond donors (Lipinski definition) is 4. The second-order valence-corrected chi connectivity index (χ2v) is 12.3. The van der Waals surface area contributed by atoms with Crippen molar-refractivity contribution in [1.82, 2.24) is 15.6 Å². The van der Waals surface area contributed by atoms with Crippen molar-refractivity contribution in [2.75, 3.05) is 18.8 Å². The molecule has 4 N–H and O–H groups in total. The summed E-state index contributed by atoms with van der Waals surface area (Å²) in [7, 11) is 0. The number of aromatic nitrogens is 1. The second kappa shape index (κ2) is 9.43. The lowest BCUT2D eigenvalue weighted by Gasteiger charge is -2.58. The van der Waals surface area contributed by atoms with Crippen LogP contribution in [-0.4, -0.2) is 57.6 Å². The number of carbonyl (C=O) groups excluding carboxylic acids is 1. The van der Waals surface area contributed by atoms with Crippen LogP contribution < -0.4 is 10.6 Å². The summed E-state index contributed by atoms with van der Waals surface area (Å²) < 4.78 is 0. The molecule has 5 fully saturated rings. The first-order valence-corrected chi connectivity index (χ1v) is 13.9. The Morgan fingerprint density at radius 1 is 1.24 bits per heavy atom. The highest BCUT2D eigenvalue weighted by molar-refractivity contribution is 7.99. The third-order valence-corrected chi connectivity index (χ3v) is 9.79. The van der Waals surface area contributed by atoms with E-state index in [0.717, 1.165) is 69.4 Å². The quantitative estimate of drug-likeness (QED) is 0.416. The van der Waals surface area contributed by atoms with Crippen molar-refractivity contribution in [1.29, 1.82) is 0 Å². The fraction of sp³-hybridized carbons (Fsp3) is 0.731. The molecule has 1 aromatic heterocycles. The fourth-order valence-corrected chi connectivity index (χ4v) is 8.26. The monoisotopic (exact) mass is 487 g/mol. The standard InChI is InChI=1S/C26H37N3O4S/c1-2-8-34-24-19(4-5-20(28-24)25(14-21(30)31)6-3-7-27-15-25)23(32)29-22-17-9-16-10-18(22)13-26(33,11-16)12-17/h4-5,16-18,22,27,33H,2-3,6-15H2,1H3,(H,29,32)(H,30,31)/t16?,17?,18?,22-,25-,26+/m1/s1. The van der Waals surface area contributed by atoms with Gasteiger partial charge < -0.3 is 20.8 Å². The highest BCUT2D eigenvalue weighted by Gasteiger charge is 2.55. The van der Waals surface area contributed by atoms with Gasteiger partial charge in [0.2, 0.25) is 0 Å². The molecule has 1 aromatic rings. The molecule has 0 spiro atoms. The van der Waals surface area contributed by atoms with Gasteiger partial charge in [-0.25, -0.2) is 4.98 Å². The molecule has 5 aliphatic rings. The molecule has 1 saturated heterocycles. The molecule has 8 heteroatoms. The van der Waals surface area contributed by atoms with Crippen molar-refractivity contribution in [3.05, 3.63) is 23.4 Å². The normalized spacial score (nSPS) is 36.4. The van der Waals surface area contributed by atoms with Crippen LogP contribution in [0.3, 0.4) is 0 Å². The van der Waals surface area contributed by atoms with E-state index < -0.39 is 17.0 Å². The van der Waals surface area contributed by atoms with Crippen molar-refractivity contribution in [3.63, 3.8) is 0 Å². The van der Waals surface area contributed by atoms with Gasteiger partial charge in [0.1, 0.15) is 5.03 Å². The zero-order valence-electron chi connectivity index (χ0n) is 20.0. The van der Waals surface area contributed by atoms with Gasteiger partial charge >= 0.3 is 5.97 Å². The summed E-state index contributed by atoms with van der Waals surface area (Å²) in [5.74, 6) is 1.25. The smallest absolute Gasteiger partial charge is 0.304 e. The van der Waals surface area contributed by atoms with Crippen molar-refractivity contribution in [3.8, 4) is 0 Å². The SMILES string of the molecule is CCCSc1nc([C@@]2(CC(=O)O)CCCNC2)ccc1C(=O)N[C@H]1C2CC3CC1C[C@@](O)(C3)C2. The Morgan fingerprint density at radius 3 is 2.62 bits per heavy atom. The van der Waals surface area contributed by atoms with E-state index >= 15 is 0 Å². The Hall–Kier alpha value is -1.64. The molecule has 4 aliphatic carbocycles. The number of nitrogens with one attached hydrogen (secondary N) is 2. The number of thioether (sulfide) groups is 1. The van der Waals surface area contributed by atoms with Crippen LogP contribution in [0.2, 0.25) is 0 Å². The minimum absolute atomic E-state index is 0.0337. The Morgan fingerprint density at radius 2 is 2.00 bits per heavy atom. The first kappa shape index (κ1) is 24.1. The van der Waals surface area contributed by atoms with Crippen LogP contribution >= 0.6 is 11.8 Å². The van der Waals surface area contributed by atoms with Crippen molar-refractivity contribution < 1.29 is 19.8 Å². The summed E-state index contributed by atoms with van der Waals surface area (Å²) in [6.07, 6.45) is 7.40. The maximum atomic E-state index is 13.5. The van der Waals surface area contributed by atoms with Crippen LogP contribution in [0.1, 0.15) is 80.8 Å². The molecule has 1 amide bonds. The van der Waals surface area contributed by atoms with Crippen molar-refractivity contribution in [2.24, 2.45) is 17.8 Å². The van der Waals surface area contributed by atoms with E-state index in [2.05, 4.69) is 17.6 Å². The fourth-order valence-electron chi connectivity index (χ4n) is 7.38. The minimum Gasteiger partial charge on any atom is -0.481 e. The van der Waals surface area contributed by atoms with Gasteiger partial charge in [0, 0.05) is 23.7 Å². The number of nitrogens with zero attached hydrogens (tertiary/aromatic N) is 1. The van der Waals surface area contributed by atoms with Crippen LogP contribution in [0, 0.1) is 17.8 Å². The van der Waals surface area contributed by atoms with Gasteiger partial charge in [-0.2, -0.15) is 0 Å². The molecule has 3 atom stereocenters. The number of pyridine rings is 1. The summed E-state index contributed by atoms with van der Waals surface area (Å²) in [5, 5.41) is 27.9. The average molecular weight is 488 g/mol. The molecule has 0 radical (unpaired) electrons. The topological polar surface area (TPSA) is 112 Å². The van der Waals surface area contributed by atoms with Gasteiger partial charge in [-0.1, -0.05) is 6.92 Å². The number of rotatable bonds is 8. The third kappa shape index (κ3) is 4.61. The largest absolute Gasteiger partial charge is 0.481 e. The van der Waals surface area contributed by atoms with E-state index in [4.69, 9.17) is 4.98 Å². The summed E-state index contributed by atoms with van der Waals surface area (Å²) in [6, 6.07) is 3.85. The van der Waals surface area contributed by atoms with Crippen LogP contribution in [-0.2, 0) is 10.2 Å². The Bertz CT molecular complexity index is 932. The number of carboxylic acid groups (broad SMARTS) is 1. The highest BCUT2D eigenvalue weighted by atomic mass is 32.2. The van der Waals surface area contributed by atoms with Crippen LogP contribution in [0.15, 0.2) is 17.2 Å². The maximum Gasteiger partial charge on any atom is 0.304 e. The van der Waals surface area contributed by atoms with E-state index in [0.29, 0.717) is 34.9 Å². The summed E-state index contributed by atoms with van der Waals surface area (Å²) in [5.41, 5.74) is 0.297. The molecule has 34 heavy (non-hydrogen) atoms. The number of carbonyl (C=O) groups is 2. The lowest BCUT2D eigenvalue weighted by molar-refractivity contribution is -0.138. The number of aliphatic carboxylic acids is 1. The number of aliphatic hydroxyl groups is 1. The zero-order chi connectivity index (χ0) is 23.9. The molecular formula is C26H37N3O4S. The van der Waals surface area contributed by atoms with E-state index in [-0.39, 0.29) is 18.4 Å². The number of hydrogen-bond acceptors (Lipinski definition) is 6. The van der Waals surface area contributed by atoms with Crippen LogP contribution in [0.25, 0.3) is 0 Å². The lowest BCUT2D eigenvalue weighted by Crippen LogP contribution is -2.61. The summed E-state index contributed by atoms with van der Waals surface area (Å²) in [4.78, 5) is 30.1. The maximum absolute atomic E-state index is 13.5. The Kier molecular flexibility index (Phi) is 6.68. The number of piperidine rings is 1. The molecule has 4 saturated carbocycles. The lowest BCUT2D eigenvalue weighted by atomic mass is 9.52. The zero-order valence-corrected chi connectivity index (χ0v) is 20.8. The molecule has 4 bridgehead atoms. The Labute approximate surface area is 205 Å². The first-order chi connectivity index (χ1) is 16.3. The highest BCUT2D eigenvalue weighted by Crippen LogP contribution is 2.55. The van der Waals surface area contributed by atoms with Gasteiger partial charge in [0.05, 0.1) is 17.6 Å². The summed E-state index contributed by atoms with van der Waals surface area (Å²) >= 11 is 1.58. The van der Waals surface area contributed by atoms with Gasteiger partial charge in [0.25, 0.3) is 5.91 Å². The molecular weight excluding hydrogens is 450 g/mol. The molecule has 0 aromatic carbocycles. The van der Waals surface area contributed by atoms with E-state index in [1.807, 2.05) is 12.1 Å². The van der Waals surface area contributed by atoms with E-state index in [1.165, 1.54) is 0 Å². The molecule has 7 nitrogen and oxygen atoms in total. The van der Waals surface area contributed by atoms with Crippen LogP contribution in [0.4, 0.5) is 0 Å². The molecule has 186 valence electrons. The van der Waals surface area contributed by atoms with Gasteiger partial charge in [0.15, 0.2) is 0 Å². The Balaban J connectivity index is 1.40. The van der Waals surface area contributed by atoms with E-state index in [9.17, 15) is 19.8 Å². The second-order valence-electron chi connectivity index (χ2n) is 11.2. The predicted octanol–water partition coefficient (Wildman–Crippen LogP) is 3.35.